The van der Waals surface area contributed by atoms with E-state index in [0.717, 1.165) is 5.56 Å². The predicted molar refractivity (Wildman–Crippen MR) is 129 cm³/mol. The van der Waals surface area contributed by atoms with Crippen molar-refractivity contribution in [2.24, 2.45) is 0 Å². The van der Waals surface area contributed by atoms with Gasteiger partial charge in [0.15, 0.2) is 18.5 Å². The van der Waals surface area contributed by atoms with E-state index < -0.39 is 49.3 Å². The normalized spacial score (nSPS) is 23.6. The second-order valence-electron chi connectivity index (χ2n) is 8.19. The van der Waals surface area contributed by atoms with Gasteiger partial charge in [0.25, 0.3) is 0 Å². The van der Waals surface area contributed by atoms with Crippen LogP contribution in [0.25, 0.3) is 0 Å². The lowest BCUT2D eigenvalue weighted by molar-refractivity contribution is -0.301. The Morgan fingerprint density at radius 2 is 1.25 bits per heavy atom. The van der Waals surface area contributed by atoms with Crippen LogP contribution in [0.1, 0.15) is 26.3 Å². The lowest BCUT2D eigenvalue weighted by Gasteiger charge is -2.44. The molecule has 1 N–H and O–H groups in total. The van der Waals surface area contributed by atoms with Gasteiger partial charge in [-0.25, -0.2) is 9.59 Å². The summed E-state index contributed by atoms with van der Waals surface area (Å²) in [4.78, 5) is 26.0. The molecule has 1 aliphatic rings. The number of benzene rings is 3. The van der Waals surface area contributed by atoms with Gasteiger partial charge in [0.1, 0.15) is 12.2 Å². The highest BCUT2D eigenvalue weighted by Gasteiger charge is 2.51. The Bertz CT molecular complexity index is 1110. The first kappa shape index (κ1) is 25.5. The zero-order chi connectivity index (χ0) is 25.3. The van der Waals surface area contributed by atoms with Crippen molar-refractivity contribution in [3.8, 4) is 0 Å². The lowest BCUT2D eigenvalue weighted by atomic mass is 9.98. The summed E-state index contributed by atoms with van der Waals surface area (Å²) in [6, 6.07) is 26.3. The van der Waals surface area contributed by atoms with Gasteiger partial charge in [-0.05, 0) is 29.8 Å². The number of carbonyl (C=O) groups is 2. The van der Waals surface area contributed by atoms with E-state index in [-0.39, 0.29) is 6.61 Å². The van der Waals surface area contributed by atoms with Crippen LogP contribution in [0.4, 0.5) is 0 Å². The van der Waals surface area contributed by atoms with Crippen LogP contribution in [0.15, 0.2) is 91.0 Å². The Balaban J connectivity index is 1.65. The molecule has 8 nitrogen and oxygen atoms in total. The molecule has 0 saturated carbocycles. The van der Waals surface area contributed by atoms with Gasteiger partial charge in [-0.1, -0.05) is 66.7 Å². The zero-order valence-corrected chi connectivity index (χ0v) is 19.8. The fourth-order valence-electron chi connectivity index (χ4n) is 3.97. The maximum atomic E-state index is 13.1. The van der Waals surface area contributed by atoms with Crippen molar-refractivity contribution in [2.45, 2.75) is 37.3 Å². The summed E-state index contributed by atoms with van der Waals surface area (Å²) in [5.74, 6) is -1.28. The summed E-state index contributed by atoms with van der Waals surface area (Å²) < 4.78 is 29.1. The molecule has 0 unspecified atom stereocenters. The van der Waals surface area contributed by atoms with Crippen LogP contribution in [-0.2, 0) is 30.3 Å². The van der Waals surface area contributed by atoms with Crippen molar-refractivity contribution in [1.82, 2.24) is 0 Å². The van der Waals surface area contributed by atoms with E-state index >= 15 is 0 Å². The summed E-state index contributed by atoms with van der Waals surface area (Å²) in [5, 5.41) is 10.1. The molecular formula is C28H28O8. The number of aliphatic hydroxyl groups excluding tert-OH is 1. The molecule has 3 aromatic rings. The van der Waals surface area contributed by atoms with E-state index in [1.54, 1.807) is 60.7 Å². The molecule has 188 valence electrons. The van der Waals surface area contributed by atoms with Gasteiger partial charge in [0.05, 0.1) is 24.3 Å². The third kappa shape index (κ3) is 6.16. The van der Waals surface area contributed by atoms with Crippen LogP contribution < -0.4 is 0 Å². The van der Waals surface area contributed by atoms with Gasteiger partial charge in [-0.15, -0.1) is 0 Å². The fourth-order valence-corrected chi connectivity index (χ4v) is 3.97. The monoisotopic (exact) mass is 492 g/mol. The van der Waals surface area contributed by atoms with E-state index in [1.807, 2.05) is 30.3 Å². The summed E-state index contributed by atoms with van der Waals surface area (Å²) in [6.07, 6.45) is -5.27. The first-order chi connectivity index (χ1) is 17.6. The molecule has 1 saturated heterocycles. The number of aliphatic hydroxyl groups is 1. The molecule has 0 amide bonds. The maximum Gasteiger partial charge on any atom is 0.338 e. The summed E-state index contributed by atoms with van der Waals surface area (Å²) in [5.41, 5.74) is 1.49. The average molecular weight is 493 g/mol. The van der Waals surface area contributed by atoms with Gasteiger partial charge in [0, 0.05) is 7.11 Å². The van der Waals surface area contributed by atoms with Gasteiger partial charge < -0.3 is 28.8 Å². The van der Waals surface area contributed by atoms with E-state index in [4.69, 9.17) is 23.7 Å². The molecule has 1 fully saturated rings. The third-order valence-electron chi connectivity index (χ3n) is 5.79. The molecule has 8 heteroatoms. The number of esters is 2. The van der Waals surface area contributed by atoms with Crippen molar-refractivity contribution >= 4 is 11.9 Å². The van der Waals surface area contributed by atoms with Crippen molar-refractivity contribution in [1.29, 1.82) is 0 Å². The fraction of sp³-hybridized carbons (Fsp3) is 0.286. The van der Waals surface area contributed by atoms with Gasteiger partial charge in [-0.3, -0.25) is 0 Å². The summed E-state index contributed by atoms with van der Waals surface area (Å²) in [6.45, 7) is -0.278. The third-order valence-corrected chi connectivity index (χ3v) is 5.79. The zero-order valence-electron chi connectivity index (χ0n) is 19.8. The Morgan fingerprint density at radius 3 is 1.75 bits per heavy atom. The van der Waals surface area contributed by atoms with Crippen LogP contribution in [0.3, 0.4) is 0 Å². The average Bonchev–Trinajstić information content (AvgIpc) is 2.94. The molecular weight excluding hydrogens is 464 g/mol. The smallest absolute Gasteiger partial charge is 0.338 e. The number of ether oxygens (including phenoxy) is 5. The predicted octanol–water partition coefficient (Wildman–Crippen LogP) is 3.39. The molecule has 0 radical (unpaired) electrons. The molecule has 4 rings (SSSR count). The molecule has 0 spiro atoms. The molecule has 0 bridgehead atoms. The standard InChI is InChI=1S/C28H28O8/c1-32-28-25(36-27(31)21-15-9-4-10-16-21)24(35-26(30)20-13-7-3-8-14-20)23(22(17-29)34-28)33-18-19-11-5-2-6-12-19/h2-16,22-25,28-29H,17-18H2,1H3/t22-,23+,24+,25-,28+/m1/s1. The number of hydrogen-bond donors (Lipinski definition) is 1. The quantitative estimate of drug-likeness (QED) is 0.454. The Kier molecular flexibility index (Phi) is 8.80. The van der Waals surface area contributed by atoms with Crippen molar-refractivity contribution < 1.29 is 38.4 Å². The van der Waals surface area contributed by atoms with E-state index in [1.165, 1.54) is 7.11 Å². The van der Waals surface area contributed by atoms with Crippen molar-refractivity contribution in [3.05, 3.63) is 108 Å². The first-order valence-electron chi connectivity index (χ1n) is 11.6. The summed E-state index contributed by atoms with van der Waals surface area (Å²) >= 11 is 0. The second kappa shape index (κ2) is 12.4. The van der Waals surface area contributed by atoms with Crippen LogP contribution in [-0.4, -0.2) is 61.5 Å². The molecule has 1 aliphatic heterocycles. The minimum absolute atomic E-state index is 0.155. The number of methoxy groups -OCH3 is 1. The molecule has 5 atom stereocenters. The van der Waals surface area contributed by atoms with Crippen LogP contribution >= 0.6 is 0 Å². The van der Waals surface area contributed by atoms with Gasteiger partial charge in [0.2, 0.25) is 0 Å². The topological polar surface area (TPSA) is 101 Å². The minimum atomic E-state index is -1.17. The highest BCUT2D eigenvalue weighted by molar-refractivity contribution is 5.90. The summed E-state index contributed by atoms with van der Waals surface area (Å²) in [7, 11) is 1.38. The maximum absolute atomic E-state index is 13.1. The van der Waals surface area contributed by atoms with Crippen LogP contribution in [0.2, 0.25) is 0 Å². The molecule has 3 aromatic carbocycles. The van der Waals surface area contributed by atoms with Gasteiger partial charge in [-0.2, -0.15) is 0 Å². The molecule has 0 aliphatic carbocycles. The van der Waals surface area contributed by atoms with Crippen LogP contribution in [0, 0.1) is 0 Å². The lowest BCUT2D eigenvalue weighted by Crippen LogP contribution is -2.62. The minimum Gasteiger partial charge on any atom is -0.452 e. The largest absolute Gasteiger partial charge is 0.452 e. The van der Waals surface area contributed by atoms with E-state index in [9.17, 15) is 14.7 Å². The van der Waals surface area contributed by atoms with E-state index in [2.05, 4.69) is 0 Å². The molecule has 1 heterocycles. The molecule has 0 aromatic heterocycles. The Morgan fingerprint density at radius 1 is 0.750 bits per heavy atom. The second-order valence-corrected chi connectivity index (χ2v) is 8.19. The van der Waals surface area contributed by atoms with Crippen LogP contribution in [0.5, 0.6) is 0 Å². The Hall–Kier alpha value is -3.56. The highest BCUT2D eigenvalue weighted by atomic mass is 16.7. The SMILES string of the molecule is CO[C@H]1O[C@H](CO)[C@H](OCc2ccccc2)[C@H](OC(=O)c2ccccc2)[C@H]1OC(=O)c1ccccc1. The first-order valence-corrected chi connectivity index (χ1v) is 11.6. The number of carbonyl (C=O) groups excluding carboxylic acids is 2. The van der Waals surface area contributed by atoms with Crippen molar-refractivity contribution in [3.63, 3.8) is 0 Å². The van der Waals surface area contributed by atoms with Gasteiger partial charge >= 0.3 is 11.9 Å². The van der Waals surface area contributed by atoms with Crippen molar-refractivity contribution in [2.75, 3.05) is 13.7 Å². The Labute approximate surface area is 209 Å². The number of hydrogen-bond acceptors (Lipinski definition) is 8. The van der Waals surface area contributed by atoms with E-state index in [0.29, 0.717) is 11.1 Å². The highest BCUT2D eigenvalue weighted by Crippen LogP contribution is 2.30. The molecule has 36 heavy (non-hydrogen) atoms. The number of rotatable bonds is 9.